The summed E-state index contributed by atoms with van der Waals surface area (Å²) in [5.74, 6) is 1.42. The smallest absolute Gasteiger partial charge is 0.337 e. The molecule has 0 aliphatic heterocycles. The average Bonchev–Trinajstić information content (AvgIpc) is 3.27. The van der Waals surface area contributed by atoms with Gasteiger partial charge in [0.1, 0.15) is 18.0 Å². The number of halogens is 4. The molecule has 0 spiro atoms. The van der Waals surface area contributed by atoms with Gasteiger partial charge < -0.3 is 9.55 Å². The van der Waals surface area contributed by atoms with Crippen LogP contribution >= 0.6 is 15.9 Å². The summed E-state index contributed by atoms with van der Waals surface area (Å²) < 4.78 is 42.3. The molecule has 4 rings (SSSR count). The van der Waals surface area contributed by atoms with Crippen LogP contribution in [0.2, 0.25) is 0 Å². The van der Waals surface area contributed by atoms with Gasteiger partial charge in [-0.3, -0.25) is 0 Å². The summed E-state index contributed by atoms with van der Waals surface area (Å²) in [4.78, 5) is 7.25. The lowest BCUT2D eigenvalue weighted by Gasteiger charge is -2.12. The third-order valence-corrected chi connectivity index (χ3v) is 5.58. The largest absolute Gasteiger partial charge is 0.419 e. The first kappa shape index (κ1) is 19.6. The molecule has 150 valence electrons. The van der Waals surface area contributed by atoms with E-state index in [0.717, 1.165) is 17.0 Å². The third kappa shape index (κ3) is 3.78. The SMILES string of the molecule is C[C@H](Cc1nncn1C)c1cccc(-c2nc3ccc(Br)c(C(F)(F)F)c3[nH]2)c1. The lowest BCUT2D eigenvalue weighted by molar-refractivity contribution is -0.137. The molecule has 4 aromatic rings. The van der Waals surface area contributed by atoms with Gasteiger partial charge in [0.2, 0.25) is 0 Å². The summed E-state index contributed by atoms with van der Waals surface area (Å²) in [5.41, 5.74) is 1.27. The van der Waals surface area contributed by atoms with Gasteiger partial charge in [-0.05, 0) is 29.7 Å². The minimum absolute atomic E-state index is 0.0150. The van der Waals surface area contributed by atoms with Gasteiger partial charge in [0.15, 0.2) is 0 Å². The van der Waals surface area contributed by atoms with Crippen LogP contribution in [0.4, 0.5) is 13.2 Å². The number of aromatic amines is 1. The van der Waals surface area contributed by atoms with Crippen LogP contribution in [0.15, 0.2) is 47.2 Å². The van der Waals surface area contributed by atoms with Crippen molar-refractivity contribution in [3.8, 4) is 11.4 Å². The van der Waals surface area contributed by atoms with E-state index in [9.17, 15) is 13.2 Å². The van der Waals surface area contributed by atoms with Gasteiger partial charge >= 0.3 is 6.18 Å². The van der Waals surface area contributed by atoms with Crippen LogP contribution in [0.25, 0.3) is 22.4 Å². The Bertz CT molecular complexity index is 1180. The first-order chi connectivity index (χ1) is 13.7. The molecular weight excluding hydrogens is 447 g/mol. The third-order valence-electron chi connectivity index (χ3n) is 4.91. The Morgan fingerprint density at radius 2 is 2.00 bits per heavy atom. The molecule has 9 heteroatoms. The summed E-state index contributed by atoms with van der Waals surface area (Å²) in [6.07, 6.45) is -2.14. The van der Waals surface area contributed by atoms with Gasteiger partial charge in [0.05, 0.1) is 16.6 Å². The number of H-pyrrole nitrogens is 1. The number of fused-ring (bicyclic) bond motifs is 1. The zero-order valence-corrected chi connectivity index (χ0v) is 17.2. The van der Waals surface area contributed by atoms with Crippen molar-refractivity contribution in [3.05, 3.63) is 64.1 Å². The van der Waals surface area contributed by atoms with Crippen molar-refractivity contribution in [2.75, 3.05) is 0 Å². The minimum atomic E-state index is -4.49. The van der Waals surface area contributed by atoms with Crippen LogP contribution in [0.5, 0.6) is 0 Å². The summed E-state index contributed by atoms with van der Waals surface area (Å²) >= 11 is 3.00. The normalized spacial score (nSPS) is 13.2. The van der Waals surface area contributed by atoms with E-state index in [1.807, 2.05) is 35.9 Å². The van der Waals surface area contributed by atoms with Crippen LogP contribution in [0.1, 0.15) is 29.8 Å². The topological polar surface area (TPSA) is 59.4 Å². The number of benzene rings is 2. The lowest BCUT2D eigenvalue weighted by Crippen LogP contribution is -2.07. The Labute approximate surface area is 173 Å². The van der Waals surface area contributed by atoms with Crippen LogP contribution in [-0.4, -0.2) is 24.7 Å². The summed E-state index contributed by atoms with van der Waals surface area (Å²) in [5, 5.41) is 8.01. The number of alkyl halides is 3. The fourth-order valence-electron chi connectivity index (χ4n) is 3.34. The molecule has 2 heterocycles. The molecule has 0 radical (unpaired) electrons. The van der Waals surface area contributed by atoms with Crippen LogP contribution in [0.3, 0.4) is 0 Å². The van der Waals surface area contributed by atoms with Crippen LogP contribution in [-0.2, 0) is 19.6 Å². The number of hydrogen-bond donors (Lipinski definition) is 1. The summed E-state index contributed by atoms with van der Waals surface area (Å²) in [6, 6.07) is 10.6. The second-order valence-corrected chi connectivity index (χ2v) is 7.84. The highest BCUT2D eigenvalue weighted by atomic mass is 79.9. The summed E-state index contributed by atoms with van der Waals surface area (Å²) in [6.45, 7) is 2.07. The summed E-state index contributed by atoms with van der Waals surface area (Å²) in [7, 11) is 1.89. The molecule has 1 atom stereocenters. The van der Waals surface area contributed by atoms with Crippen molar-refractivity contribution in [1.29, 1.82) is 0 Å². The maximum absolute atomic E-state index is 13.5. The molecular formula is C20H17BrF3N5. The second kappa shape index (κ2) is 7.29. The highest BCUT2D eigenvalue weighted by molar-refractivity contribution is 9.10. The molecule has 2 aromatic carbocycles. The van der Waals surface area contributed by atoms with Crippen molar-refractivity contribution >= 4 is 27.0 Å². The van der Waals surface area contributed by atoms with Crippen molar-refractivity contribution in [2.24, 2.45) is 7.05 Å². The molecule has 0 bridgehead atoms. The van der Waals surface area contributed by atoms with E-state index < -0.39 is 11.7 Å². The second-order valence-electron chi connectivity index (χ2n) is 6.99. The van der Waals surface area contributed by atoms with Gasteiger partial charge in [-0.2, -0.15) is 13.2 Å². The Balaban J connectivity index is 1.71. The molecule has 2 aromatic heterocycles. The highest BCUT2D eigenvalue weighted by Crippen LogP contribution is 2.40. The fourth-order valence-corrected chi connectivity index (χ4v) is 3.90. The number of nitrogens with zero attached hydrogens (tertiary/aromatic N) is 4. The fraction of sp³-hybridized carbons (Fsp3) is 0.250. The number of nitrogens with one attached hydrogen (secondary N) is 1. The Hall–Kier alpha value is -2.68. The maximum Gasteiger partial charge on any atom is 0.419 e. The van der Waals surface area contributed by atoms with Crippen LogP contribution in [0, 0.1) is 0 Å². The van der Waals surface area contributed by atoms with E-state index in [0.29, 0.717) is 12.2 Å². The van der Waals surface area contributed by atoms with Crippen LogP contribution < -0.4 is 0 Å². The Morgan fingerprint density at radius 3 is 2.69 bits per heavy atom. The van der Waals surface area contributed by atoms with E-state index in [1.54, 1.807) is 12.4 Å². The molecule has 0 saturated heterocycles. The van der Waals surface area contributed by atoms with E-state index in [4.69, 9.17) is 0 Å². The van der Waals surface area contributed by atoms with Crippen molar-refractivity contribution in [3.63, 3.8) is 0 Å². The van der Waals surface area contributed by atoms with E-state index in [1.165, 1.54) is 6.07 Å². The van der Waals surface area contributed by atoms with Crippen molar-refractivity contribution < 1.29 is 13.2 Å². The number of aromatic nitrogens is 5. The number of hydrogen-bond acceptors (Lipinski definition) is 3. The van der Waals surface area contributed by atoms with Gasteiger partial charge in [-0.25, -0.2) is 4.98 Å². The van der Waals surface area contributed by atoms with Gasteiger partial charge in [-0.1, -0.05) is 41.1 Å². The van der Waals surface area contributed by atoms with Crippen molar-refractivity contribution in [2.45, 2.75) is 25.4 Å². The molecule has 0 unspecified atom stereocenters. The molecule has 0 amide bonds. The maximum atomic E-state index is 13.5. The molecule has 0 aliphatic carbocycles. The number of aryl methyl sites for hydroxylation is 1. The molecule has 0 fully saturated rings. The first-order valence-electron chi connectivity index (χ1n) is 8.92. The molecule has 29 heavy (non-hydrogen) atoms. The first-order valence-corrected chi connectivity index (χ1v) is 9.72. The van der Waals surface area contributed by atoms with Gasteiger partial charge in [0, 0.05) is 23.5 Å². The zero-order valence-electron chi connectivity index (χ0n) is 15.6. The van der Waals surface area contributed by atoms with E-state index in [-0.39, 0.29) is 21.4 Å². The Kier molecular flexibility index (Phi) is 4.94. The number of rotatable bonds is 4. The zero-order chi connectivity index (χ0) is 20.8. The van der Waals surface area contributed by atoms with Gasteiger partial charge in [-0.15, -0.1) is 10.2 Å². The predicted molar refractivity (Wildman–Crippen MR) is 107 cm³/mol. The lowest BCUT2D eigenvalue weighted by atomic mass is 9.95. The quantitative estimate of drug-likeness (QED) is 0.435. The minimum Gasteiger partial charge on any atom is -0.337 e. The van der Waals surface area contributed by atoms with Crippen molar-refractivity contribution in [1.82, 2.24) is 24.7 Å². The molecule has 0 aliphatic rings. The van der Waals surface area contributed by atoms with E-state index >= 15 is 0 Å². The van der Waals surface area contributed by atoms with E-state index in [2.05, 4.69) is 43.0 Å². The molecule has 0 saturated carbocycles. The Morgan fingerprint density at radius 1 is 1.21 bits per heavy atom. The molecule has 1 N–H and O–H groups in total. The number of imidazole rings is 1. The predicted octanol–water partition coefficient (Wildman–Crippen LogP) is 5.49. The molecule has 5 nitrogen and oxygen atoms in total. The monoisotopic (exact) mass is 463 g/mol. The average molecular weight is 464 g/mol. The standard InChI is InChI=1S/C20H17BrF3N5/c1-11(8-16-28-25-10-29(16)2)12-4-3-5-13(9-12)19-26-15-7-6-14(21)17(18(15)27-19)20(22,23)24/h3-7,9-11H,8H2,1-2H3,(H,26,27)/t11-/m1/s1. The highest BCUT2D eigenvalue weighted by Gasteiger charge is 2.36. The van der Waals surface area contributed by atoms with Gasteiger partial charge in [0.25, 0.3) is 0 Å².